The number of anilines is 1. The van der Waals surface area contributed by atoms with Gasteiger partial charge in [-0.05, 0) is 113 Å². The number of rotatable bonds is 10. The van der Waals surface area contributed by atoms with Crippen LogP contribution in [0.5, 0.6) is 17.2 Å². The SMILES string of the molecule is CCOc1cc(/C=C2\C(=O)NC(=O)N(c3ccc(OCc4ccc(Br)cc4)cc3)C2=O)cc(I)c1OCc1ccc(Cl)c(Cl)c1. The van der Waals surface area contributed by atoms with Crippen LogP contribution < -0.4 is 24.4 Å². The van der Waals surface area contributed by atoms with Gasteiger partial charge in [-0.3, -0.25) is 14.9 Å². The van der Waals surface area contributed by atoms with E-state index in [-0.39, 0.29) is 17.9 Å². The van der Waals surface area contributed by atoms with Crippen LogP contribution in [0.4, 0.5) is 10.5 Å². The molecular weight excluding hydrogens is 798 g/mol. The van der Waals surface area contributed by atoms with Crippen molar-refractivity contribution in [3.8, 4) is 17.2 Å². The summed E-state index contributed by atoms with van der Waals surface area (Å²) in [6.45, 7) is 2.74. The Labute approximate surface area is 291 Å². The van der Waals surface area contributed by atoms with Crippen molar-refractivity contribution >= 4 is 91.3 Å². The highest BCUT2D eigenvalue weighted by molar-refractivity contribution is 14.1. The summed E-state index contributed by atoms with van der Waals surface area (Å²) in [4.78, 5) is 40.0. The molecule has 0 atom stereocenters. The zero-order valence-electron chi connectivity index (χ0n) is 23.6. The third-order valence-corrected chi connectivity index (χ3v) is 8.59. The summed E-state index contributed by atoms with van der Waals surface area (Å²) < 4.78 is 19.4. The Kier molecular flexibility index (Phi) is 10.7. The van der Waals surface area contributed by atoms with Crippen molar-refractivity contribution < 1.29 is 28.6 Å². The minimum Gasteiger partial charge on any atom is -0.490 e. The van der Waals surface area contributed by atoms with E-state index in [1.54, 1.807) is 48.5 Å². The summed E-state index contributed by atoms with van der Waals surface area (Å²) in [7, 11) is 0. The van der Waals surface area contributed by atoms with Crippen LogP contribution >= 0.6 is 61.7 Å². The molecule has 1 aliphatic rings. The number of urea groups is 1. The number of hydrogen-bond acceptors (Lipinski definition) is 6. The number of ether oxygens (including phenoxy) is 3. The molecule has 4 aromatic carbocycles. The molecule has 0 radical (unpaired) electrons. The third-order valence-electron chi connectivity index (χ3n) is 6.53. The first kappa shape index (κ1) is 32.8. The maximum Gasteiger partial charge on any atom is 0.335 e. The maximum absolute atomic E-state index is 13.5. The zero-order valence-corrected chi connectivity index (χ0v) is 28.9. The lowest BCUT2D eigenvalue weighted by molar-refractivity contribution is -0.122. The van der Waals surface area contributed by atoms with Crippen molar-refractivity contribution in [3.63, 3.8) is 0 Å². The Bertz CT molecular complexity index is 1800. The predicted octanol–water partition coefficient (Wildman–Crippen LogP) is 8.58. The van der Waals surface area contributed by atoms with Gasteiger partial charge in [0, 0.05) is 4.47 Å². The monoisotopic (exact) mass is 820 g/mol. The number of hydrogen-bond donors (Lipinski definition) is 1. The second kappa shape index (κ2) is 14.7. The number of carbonyl (C=O) groups excluding carboxylic acids is 3. The second-order valence-electron chi connectivity index (χ2n) is 9.67. The normalized spacial score (nSPS) is 14.0. The van der Waals surface area contributed by atoms with Crippen LogP contribution in [0.2, 0.25) is 10.0 Å². The molecule has 12 heteroatoms. The smallest absolute Gasteiger partial charge is 0.335 e. The number of benzene rings is 4. The fourth-order valence-corrected chi connectivity index (χ4v) is 5.72. The molecule has 1 N–H and O–H groups in total. The molecule has 1 saturated heterocycles. The fraction of sp³-hybridized carbons (Fsp3) is 0.121. The average molecular weight is 822 g/mol. The Morgan fingerprint density at radius 3 is 2.22 bits per heavy atom. The van der Waals surface area contributed by atoms with E-state index in [1.807, 2.05) is 37.3 Å². The standard InChI is InChI=1S/C33H24BrCl2IN2O6/c1-2-43-29-16-21(15-28(37)30(29)45-18-20-5-12-26(35)27(36)14-20)13-25-31(40)38-33(42)39(32(25)41)23-8-10-24(11-9-23)44-17-19-3-6-22(34)7-4-19/h3-16H,2,17-18H2,1H3,(H,38,40,42)/b25-13+. The molecule has 0 unspecified atom stereocenters. The molecule has 0 aliphatic carbocycles. The van der Waals surface area contributed by atoms with E-state index in [1.165, 1.54) is 6.08 Å². The van der Waals surface area contributed by atoms with E-state index in [4.69, 9.17) is 37.4 Å². The van der Waals surface area contributed by atoms with Crippen LogP contribution in [0.1, 0.15) is 23.6 Å². The van der Waals surface area contributed by atoms with Crippen LogP contribution in [0, 0.1) is 3.57 Å². The summed E-state index contributed by atoms with van der Waals surface area (Å²) in [5, 5.41) is 3.12. The van der Waals surface area contributed by atoms with Crippen molar-refractivity contribution in [2.45, 2.75) is 20.1 Å². The lowest BCUT2D eigenvalue weighted by Crippen LogP contribution is -2.54. The first-order valence-corrected chi connectivity index (χ1v) is 16.2. The molecule has 45 heavy (non-hydrogen) atoms. The summed E-state index contributed by atoms with van der Waals surface area (Å²) >= 11 is 17.7. The topological polar surface area (TPSA) is 94.2 Å². The van der Waals surface area contributed by atoms with Gasteiger partial charge in [0.15, 0.2) is 11.5 Å². The Hall–Kier alpha value is -3.58. The van der Waals surface area contributed by atoms with Crippen molar-refractivity contribution in [1.29, 1.82) is 0 Å². The van der Waals surface area contributed by atoms with Crippen molar-refractivity contribution in [2.24, 2.45) is 0 Å². The molecular formula is C33H24BrCl2IN2O6. The van der Waals surface area contributed by atoms with Crippen LogP contribution in [0.3, 0.4) is 0 Å². The number of halogens is 4. The Morgan fingerprint density at radius 2 is 1.53 bits per heavy atom. The highest BCUT2D eigenvalue weighted by atomic mass is 127. The minimum atomic E-state index is -0.846. The van der Waals surface area contributed by atoms with Gasteiger partial charge in [0.2, 0.25) is 0 Å². The molecule has 1 fully saturated rings. The highest BCUT2D eigenvalue weighted by Crippen LogP contribution is 2.36. The maximum atomic E-state index is 13.5. The summed E-state index contributed by atoms with van der Waals surface area (Å²) in [5.41, 5.74) is 2.37. The van der Waals surface area contributed by atoms with Crippen molar-refractivity contribution in [1.82, 2.24) is 5.32 Å². The van der Waals surface area contributed by atoms with Gasteiger partial charge in [-0.25, -0.2) is 9.69 Å². The van der Waals surface area contributed by atoms with E-state index >= 15 is 0 Å². The zero-order chi connectivity index (χ0) is 32.1. The summed E-state index contributed by atoms with van der Waals surface area (Å²) in [5.74, 6) is -0.0994. The number of carbonyl (C=O) groups is 3. The predicted molar refractivity (Wildman–Crippen MR) is 185 cm³/mol. The number of nitrogens with zero attached hydrogens (tertiary/aromatic N) is 1. The average Bonchev–Trinajstić information content (AvgIpc) is 3.01. The van der Waals surface area contributed by atoms with Crippen LogP contribution in [0.25, 0.3) is 6.08 Å². The summed E-state index contributed by atoms with van der Waals surface area (Å²) in [6, 6.07) is 22.0. The summed E-state index contributed by atoms with van der Waals surface area (Å²) in [6.07, 6.45) is 1.42. The molecule has 0 saturated carbocycles. The van der Waals surface area contributed by atoms with Gasteiger partial charge in [-0.1, -0.05) is 57.3 Å². The quantitative estimate of drug-likeness (QED) is 0.0980. The number of amides is 4. The molecule has 1 heterocycles. The Balaban J connectivity index is 1.35. The van der Waals surface area contributed by atoms with Crippen LogP contribution in [0.15, 0.2) is 88.9 Å². The van der Waals surface area contributed by atoms with Gasteiger partial charge in [-0.15, -0.1) is 0 Å². The Morgan fingerprint density at radius 1 is 0.844 bits per heavy atom. The van der Waals surface area contributed by atoms with Crippen LogP contribution in [-0.4, -0.2) is 24.5 Å². The second-order valence-corrected chi connectivity index (χ2v) is 12.6. The molecule has 0 bridgehead atoms. The van der Waals surface area contributed by atoms with Gasteiger partial charge in [0.1, 0.15) is 24.5 Å². The third kappa shape index (κ3) is 7.99. The number of nitrogens with one attached hydrogen (secondary N) is 1. The van der Waals surface area contributed by atoms with Gasteiger partial charge in [0.25, 0.3) is 11.8 Å². The van der Waals surface area contributed by atoms with Crippen LogP contribution in [-0.2, 0) is 22.8 Å². The lowest BCUT2D eigenvalue weighted by Gasteiger charge is -2.26. The molecule has 230 valence electrons. The van der Waals surface area contributed by atoms with Gasteiger partial charge < -0.3 is 14.2 Å². The first-order chi connectivity index (χ1) is 21.6. The highest BCUT2D eigenvalue weighted by Gasteiger charge is 2.37. The van der Waals surface area contributed by atoms with E-state index < -0.39 is 17.8 Å². The fourth-order valence-electron chi connectivity index (χ4n) is 4.36. The molecule has 8 nitrogen and oxygen atoms in total. The van der Waals surface area contributed by atoms with E-state index in [2.05, 4.69) is 43.8 Å². The van der Waals surface area contributed by atoms with E-state index in [0.29, 0.717) is 49.6 Å². The molecule has 5 rings (SSSR count). The molecule has 4 aromatic rings. The number of imide groups is 2. The van der Waals surface area contributed by atoms with Gasteiger partial charge in [-0.2, -0.15) is 0 Å². The largest absolute Gasteiger partial charge is 0.490 e. The number of barbiturate groups is 1. The van der Waals surface area contributed by atoms with Gasteiger partial charge in [0.05, 0.1) is 25.9 Å². The molecule has 0 spiro atoms. The van der Waals surface area contributed by atoms with Gasteiger partial charge >= 0.3 is 6.03 Å². The molecule has 1 aliphatic heterocycles. The minimum absolute atomic E-state index is 0.208. The van der Waals surface area contributed by atoms with Crippen molar-refractivity contribution in [2.75, 3.05) is 11.5 Å². The van der Waals surface area contributed by atoms with E-state index in [9.17, 15) is 14.4 Å². The first-order valence-electron chi connectivity index (χ1n) is 13.5. The lowest BCUT2D eigenvalue weighted by atomic mass is 10.1. The molecule has 4 amide bonds. The van der Waals surface area contributed by atoms with Crippen molar-refractivity contribution in [3.05, 3.63) is 119 Å². The van der Waals surface area contributed by atoms with E-state index in [0.717, 1.165) is 20.5 Å². The molecule has 0 aromatic heterocycles.